The van der Waals surface area contributed by atoms with Crippen molar-refractivity contribution >= 4 is 10.0 Å². The smallest absolute Gasteiger partial charge is 0.243 e. The van der Waals surface area contributed by atoms with Crippen molar-refractivity contribution in [3.8, 4) is 0 Å². The molecule has 1 aromatic carbocycles. The van der Waals surface area contributed by atoms with E-state index in [1.54, 1.807) is 18.2 Å². The van der Waals surface area contributed by atoms with E-state index in [0.717, 1.165) is 5.56 Å². The molecule has 1 unspecified atom stereocenters. The summed E-state index contributed by atoms with van der Waals surface area (Å²) in [5.74, 6) is 0. The van der Waals surface area contributed by atoms with Crippen LogP contribution in [0, 0.1) is 6.92 Å². The lowest BCUT2D eigenvalue weighted by atomic mass is 10.2. The molecule has 6 heteroatoms. The van der Waals surface area contributed by atoms with Crippen molar-refractivity contribution in [3.05, 3.63) is 29.8 Å². The predicted octanol–water partition coefficient (Wildman–Crippen LogP) is 0.343. The number of benzene rings is 1. The number of hydrogen-bond donors (Lipinski definition) is 1. The lowest BCUT2D eigenvalue weighted by molar-refractivity contribution is 0.00450. The molecule has 0 aromatic heterocycles. The van der Waals surface area contributed by atoms with Gasteiger partial charge in [-0.1, -0.05) is 12.1 Å². The molecule has 0 amide bonds. The zero-order chi connectivity index (χ0) is 13.2. The number of sulfonamides is 1. The minimum atomic E-state index is -3.43. The van der Waals surface area contributed by atoms with E-state index in [9.17, 15) is 8.42 Å². The van der Waals surface area contributed by atoms with Gasteiger partial charge in [-0.2, -0.15) is 4.31 Å². The molecular formula is C12H18N2O3S. The number of nitrogens with two attached hydrogens (primary N) is 1. The van der Waals surface area contributed by atoms with Gasteiger partial charge in [-0.3, -0.25) is 0 Å². The first-order chi connectivity index (χ1) is 8.54. The molecule has 18 heavy (non-hydrogen) atoms. The number of morpholine rings is 1. The maximum Gasteiger partial charge on any atom is 0.243 e. The lowest BCUT2D eigenvalue weighted by Crippen LogP contribution is -2.48. The molecule has 1 aromatic rings. The van der Waals surface area contributed by atoms with Gasteiger partial charge in [0.05, 0.1) is 17.6 Å². The molecule has 1 saturated heterocycles. The molecule has 1 heterocycles. The van der Waals surface area contributed by atoms with E-state index in [2.05, 4.69) is 0 Å². The first-order valence-electron chi connectivity index (χ1n) is 5.92. The van der Waals surface area contributed by atoms with Crippen LogP contribution in [-0.4, -0.2) is 45.1 Å². The van der Waals surface area contributed by atoms with Gasteiger partial charge < -0.3 is 10.5 Å². The SMILES string of the molecule is Cc1cccc(S(=O)(=O)N2CCOC(CN)C2)c1. The highest BCUT2D eigenvalue weighted by molar-refractivity contribution is 7.89. The zero-order valence-corrected chi connectivity index (χ0v) is 11.2. The summed E-state index contributed by atoms with van der Waals surface area (Å²) in [4.78, 5) is 0.333. The van der Waals surface area contributed by atoms with Crippen molar-refractivity contribution < 1.29 is 13.2 Å². The molecule has 2 N–H and O–H groups in total. The van der Waals surface area contributed by atoms with Gasteiger partial charge in [0.1, 0.15) is 0 Å². The summed E-state index contributed by atoms with van der Waals surface area (Å²) >= 11 is 0. The average Bonchev–Trinajstić information content (AvgIpc) is 2.39. The second-order valence-electron chi connectivity index (χ2n) is 4.41. The summed E-state index contributed by atoms with van der Waals surface area (Å²) in [5.41, 5.74) is 6.46. The number of ether oxygens (including phenoxy) is 1. The third kappa shape index (κ3) is 2.72. The molecule has 1 atom stereocenters. The Hall–Kier alpha value is -0.950. The Kier molecular flexibility index (Phi) is 4.01. The van der Waals surface area contributed by atoms with E-state index >= 15 is 0 Å². The van der Waals surface area contributed by atoms with E-state index in [1.807, 2.05) is 13.0 Å². The summed E-state index contributed by atoms with van der Waals surface area (Å²) in [6.07, 6.45) is -0.210. The minimum Gasteiger partial charge on any atom is -0.374 e. The molecule has 1 fully saturated rings. The fraction of sp³-hybridized carbons (Fsp3) is 0.500. The first kappa shape index (κ1) is 13.5. The Morgan fingerprint density at radius 1 is 1.50 bits per heavy atom. The Labute approximate surface area is 108 Å². The van der Waals surface area contributed by atoms with Gasteiger partial charge in [-0.05, 0) is 24.6 Å². The van der Waals surface area contributed by atoms with Crippen LogP contribution in [0.4, 0.5) is 0 Å². The zero-order valence-electron chi connectivity index (χ0n) is 10.4. The molecule has 2 rings (SSSR count). The van der Waals surface area contributed by atoms with Gasteiger partial charge in [-0.15, -0.1) is 0 Å². The van der Waals surface area contributed by atoms with Crippen molar-refractivity contribution in [2.24, 2.45) is 5.73 Å². The highest BCUT2D eigenvalue weighted by Crippen LogP contribution is 2.19. The summed E-state index contributed by atoms with van der Waals surface area (Å²) in [7, 11) is -3.43. The van der Waals surface area contributed by atoms with Gasteiger partial charge in [0.2, 0.25) is 10.0 Å². The molecule has 1 aliphatic heterocycles. The maximum absolute atomic E-state index is 12.4. The summed E-state index contributed by atoms with van der Waals surface area (Å²) in [6, 6.07) is 6.93. The number of hydrogen-bond acceptors (Lipinski definition) is 4. The van der Waals surface area contributed by atoms with Crippen molar-refractivity contribution in [2.75, 3.05) is 26.2 Å². The van der Waals surface area contributed by atoms with Crippen molar-refractivity contribution in [2.45, 2.75) is 17.9 Å². The van der Waals surface area contributed by atoms with Gasteiger partial charge in [0.15, 0.2) is 0 Å². The molecule has 1 aliphatic rings. The summed E-state index contributed by atoms with van der Waals surface area (Å²) in [5, 5.41) is 0. The van der Waals surface area contributed by atoms with Crippen molar-refractivity contribution in [3.63, 3.8) is 0 Å². The average molecular weight is 270 g/mol. The Balaban J connectivity index is 2.25. The van der Waals surface area contributed by atoms with E-state index in [0.29, 0.717) is 31.1 Å². The largest absolute Gasteiger partial charge is 0.374 e. The summed E-state index contributed by atoms with van der Waals surface area (Å²) in [6.45, 7) is 3.31. The minimum absolute atomic E-state index is 0.210. The second-order valence-corrected chi connectivity index (χ2v) is 6.35. The highest BCUT2D eigenvalue weighted by atomic mass is 32.2. The Bertz CT molecular complexity index is 516. The number of aryl methyl sites for hydroxylation is 1. The van der Waals surface area contributed by atoms with E-state index in [1.165, 1.54) is 4.31 Å². The highest BCUT2D eigenvalue weighted by Gasteiger charge is 2.30. The quantitative estimate of drug-likeness (QED) is 0.860. The van der Waals surface area contributed by atoms with Crippen LogP contribution in [0.15, 0.2) is 29.2 Å². The lowest BCUT2D eigenvalue weighted by Gasteiger charge is -2.31. The molecule has 100 valence electrons. The molecule has 5 nitrogen and oxygen atoms in total. The molecule has 0 saturated carbocycles. The molecule has 0 radical (unpaired) electrons. The maximum atomic E-state index is 12.4. The number of nitrogens with zero attached hydrogens (tertiary/aromatic N) is 1. The van der Waals surface area contributed by atoms with Crippen LogP contribution < -0.4 is 5.73 Å². The fourth-order valence-corrected chi connectivity index (χ4v) is 3.54. The molecule has 0 spiro atoms. The third-order valence-corrected chi connectivity index (χ3v) is 4.85. The number of rotatable bonds is 3. The predicted molar refractivity (Wildman–Crippen MR) is 68.7 cm³/mol. The Morgan fingerprint density at radius 2 is 2.28 bits per heavy atom. The standard InChI is InChI=1S/C12H18N2O3S/c1-10-3-2-4-12(7-10)18(15,16)14-5-6-17-11(8-13)9-14/h2-4,7,11H,5-6,8-9,13H2,1H3. The van der Waals surface area contributed by atoms with Gasteiger partial charge >= 0.3 is 0 Å². The second kappa shape index (κ2) is 5.36. The van der Waals surface area contributed by atoms with E-state index < -0.39 is 10.0 Å². The topological polar surface area (TPSA) is 72.6 Å². The van der Waals surface area contributed by atoms with E-state index in [4.69, 9.17) is 10.5 Å². The molecular weight excluding hydrogens is 252 g/mol. The monoisotopic (exact) mass is 270 g/mol. The van der Waals surface area contributed by atoms with Crippen LogP contribution in [0.2, 0.25) is 0 Å². The molecule has 0 aliphatic carbocycles. The van der Waals surface area contributed by atoms with Crippen LogP contribution in [0.5, 0.6) is 0 Å². The third-order valence-electron chi connectivity index (χ3n) is 2.99. The van der Waals surface area contributed by atoms with Gasteiger partial charge in [0, 0.05) is 19.6 Å². The molecule has 0 bridgehead atoms. The summed E-state index contributed by atoms with van der Waals surface area (Å²) < 4.78 is 31.7. The van der Waals surface area contributed by atoms with E-state index in [-0.39, 0.29) is 6.10 Å². The van der Waals surface area contributed by atoms with Gasteiger partial charge in [-0.25, -0.2) is 8.42 Å². The van der Waals surface area contributed by atoms with Crippen molar-refractivity contribution in [1.29, 1.82) is 0 Å². The van der Waals surface area contributed by atoms with Gasteiger partial charge in [0.25, 0.3) is 0 Å². The normalized spacial score (nSPS) is 22.0. The fourth-order valence-electron chi connectivity index (χ4n) is 1.98. The van der Waals surface area contributed by atoms with Crippen molar-refractivity contribution in [1.82, 2.24) is 4.31 Å². The van der Waals surface area contributed by atoms with Crippen LogP contribution in [0.1, 0.15) is 5.56 Å². The van der Waals surface area contributed by atoms with Crippen LogP contribution in [0.3, 0.4) is 0 Å². The van der Waals surface area contributed by atoms with Crippen LogP contribution in [0.25, 0.3) is 0 Å². The first-order valence-corrected chi connectivity index (χ1v) is 7.36. The van der Waals surface area contributed by atoms with Crippen LogP contribution in [-0.2, 0) is 14.8 Å². The van der Waals surface area contributed by atoms with Crippen LogP contribution >= 0.6 is 0 Å². The Morgan fingerprint density at radius 3 is 2.94 bits per heavy atom.